The van der Waals surface area contributed by atoms with Crippen LogP contribution in [0.1, 0.15) is 65.5 Å². The van der Waals surface area contributed by atoms with Crippen LogP contribution in [-0.4, -0.2) is 68.1 Å². The Bertz CT molecular complexity index is 966. The van der Waals surface area contributed by atoms with Crippen molar-refractivity contribution in [2.45, 2.75) is 90.4 Å². The van der Waals surface area contributed by atoms with Crippen molar-refractivity contribution < 1.29 is 33.5 Å². The first kappa shape index (κ1) is 29.3. The smallest absolute Gasteiger partial charge is 0.481 e. The fraction of sp³-hybridized carbons (Fsp3) is 0.704. The van der Waals surface area contributed by atoms with E-state index < -0.39 is 42.8 Å². The predicted molar refractivity (Wildman–Crippen MR) is 142 cm³/mol. The maximum atomic E-state index is 13.2. The summed E-state index contributed by atoms with van der Waals surface area (Å²) in [5.74, 6) is 0.195. The molecule has 2 unspecified atom stereocenters. The number of carbonyl (C=O) groups is 2. The summed E-state index contributed by atoms with van der Waals surface area (Å²) in [5.41, 5.74) is 0.989. The minimum atomic E-state index is -1.08. The summed E-state index contributed by atoms with van der Waals surface area (Å²) in [6.45, 7) is 11.5. The lowest BCUT2D eigenvalue weighted by molar-refractivity contribution is -0.132. The van der Waals surface area contributed by atoms with Gasteiger partial charge in [-0.3, -0.25) is 9.59 Å². The Morgan fingerprint density at radius 2 is 1.76 bits per heavy atom. The number of methoxy groups -OCH3 is 2. The monoisotopic (exact) mass is 518 g/mol. The molecule has 1 saturated heterocycles. The number of rotatable bonds is 10. The van der Waals surface area contributed by atoms with Crippen molar-refractivity contribution in [3.8, 4) is 11.5 Å². The maximum absolute atomic E-state index is 13.2. The van der Waals surface area contributed by atoms with E-state index in [0.717, 1.165) is 16.9 Å². The molecule has 0 spiro atoms. The number of carbonyl (C=O) groups excluding carboxylic acids is 2. The summed E-state index contributed by atoms with van der Waals surface area (Å²) in [6.07, 6.45) is 2.41. The second kappa shape index (κ2) is 11.6. The van der Waals surface area contributed by atoms with Crippen LogP contribution < -0.4 is 20.1 Å². The summed E-state index contributed by atoms with van der Waals surface area (Å²) in [7, 11) is 2.58. The van der Waals surface area contributed by atoms with E-state index in [9.17, 15) is 14.7 Å². The molecule has 2 aliphatic rings. The van der Waals surface area contributed by atoms with E-state index in [0.29, 0.717) is 31.4 Å². The number of amides is 2. The van der Waals surface area contributed by atoms with Gasteiger partial charge in [0, 0.05) is 12.0 Å². The molecule has 1 aromatic rings. The molecule has 9 nitrogen and oxygen atoms in total. The average Bonchev–Trinajstić information content (AvgIpc) is 3.06. The highest BCUT2D eigenvalue weighted by molar-refractivity contribution is 6.48. The quantitative estimate of drug-likeness (QED) is 0.408. The lowest BCUT2D eigenvalue weighted by atomic mass is 9.74. The Hall–Kier alpha value is -2.30. The highest BCUT2D eigenvalue weighted by atomic mass is 16.7. The molecule has 0 aromatic heterocycles. The third-order valence-electron chi connectivity index (χ3n) is 7.78. The molecule has 1 fully saturated rings. The van der Waals surface area contributed by atoms with Gasteiger partial charge in [-0.2, -0.15) is 0 Å². The molecule has 0 bridgehead atoms. The van der Waals surface area contributed by atoms with Crippen LogP contribution in [0.2, 0.25) is 0 Å². The summed E-state index contributed by atoms with van der Waals surface area (Å²) < 4.78 is 23.2. The van der Waals surface area contributed by atoms with Crippen molar-refractivity contribution >= 4 is 18.9 Å². The molecule has 1 aliphatic heterocycles. The van der Waals surface area contributed by atoms with E-state index in [1.54, 1.807) is 14.2 Å². The molecule has 1 aliphatic carbocycles. The van der Waals surface area contributed by atoms with Gasteiger partial charge in [-0.05, 0) is 76.5 Å². The molecule has 0 saturated carbocycles. The van der Waals surface area contributed by atoms with E-state index in [-0.39, 0.29) is 17.7 Å². The topological polar surface area (TPSA) is 115 Å². The molecule has 0 radical (unpaired) electrons. The Labute approximate surface area is 221 Å². The van der Waals surface area contributed by atoms with Gasteiger partial charge in [-0.15, -0.1) is 0 Å². The zero-order valence-corrected chi connectivity index (χ0v) is 23.5. The number of fused-ring (bicyclic) bond motifs is 1. The number of ether oxygens (including phenoxy) is 2. The minimum absolute atomic E-state index is 0.266. The normalized spacial score (nSPS) is 21.7. The number of nitrogens with one attached hydrogen (secondary N) is 2. The minimum Gasteiger partial charge on any atom is -0.497 e. The molecule has 2 amide bonds. The van der Waals surface area contributed by atoms with Gasteiger partial charge >= 0.3 is 7.12 Å². The van der Waals surface area contributed by atoms with Crippen molar-refractivity contribution in [1.29, 1.82) is 0 Å². The van der Waals surface area contributed by atoms with Crippen LogP contribution >= 0.6 is 0 Å². The molecule has 10 heteroatoms. The summed E-state index contributed by atoms with van der Waals surface area (Å²) >= 11 is 0. The Morgan fingerprint density at radius 3 is 2.30 bits per heavy atom. The van der Waals surface area contributed by atoms with Crippen LogP contribution in [0.3, 0.4) is 0 Å². The number of aliphatic hydroxyl groups excluding tert-OH is 1. The number of hydrogen-bond donors (Lipinski definition) is 3. The first-order valence-electron chi connectivity index (χ1n) is 13.1. The maximum Gasteiger partial charge on any atom is 0.481 e. The van der Waals surface area contributed by atoms with Gasteiger partial charge in [-0.25, -0.2) is 0 Å². The molecule has 1 heterocycles. The van der Waals surface area contributed by atoms with Crippen LogP contribution in [0.5, 0.6) is 11.5 Å². The van der Waals surface area contributed by atoms with Gasteiger partial charge in [0.05, 0.1) is 38.0 Å². The fourth-order valence-corrected chi connectivity index (χ4v) is 4.92. The van der Waals surface area contributed by atoms with Crippen molar-refractivity contribution in [3.63, 3.8) is 0 Å². The van der Waals surface area contributed by atoms with Gasteiger partial charge in [0.2, 0.25) is 11.8 Å². The Morgan fingerprint density at radius 1 is 1.11 bits per heavy atom. The van der Waals surface area contributed by atoms with Gasteiger partial charge in [0.25, 0.3) is 0 Å². The SMILES string of the molecule is COc1cc2c(c(OC)c1)CCC(C(=O)N[C@@H](CO)C(=O)NC(CC(C)C)B1OC(C)(C)C(C)(C)O1)C2. The van der Waals surface area contributed by atoms with E-state index in [4.69, 9.17) is 18.8 Å². The lowest BCUT2D eigenvalue weighted by Crippen LogP contribution is -2.56. The first-order valence-corrected chi connectivity index (χ1v) is 13.1. The third kappa shape index (κ3) is 6.59. The second-order valence-electron chi connectivity index (χ2n) is 11.5. The molecule has 206 valence electrons. The Kier molecular flexibility index (Phi) is 9.19. The lowest BCUT2D eigenvalue weighted by Gasteiger charge is -2.32. The first-order chi connectivity index (χ1) is 17.3. The number of hydrogen-bond acceptors (Lipinski definition) is 7. The van der Waals surface area contributed by atoms with E-state index >= 15 is 0 Å². The zero-order chi connectivity index (χ0) is 27.5. The van der Waals surface area contributed by atoms with E-state index in [1.807, 2.05) is 39.8 Å². The second-order valence-corrected chi connectivity index (χ2v) is 11.5. The van der Waals surface area contributed by atoms with Crippen LogP contribution in [0.4, 0.5) is 0 Å². The molecule has 3 rings (SSSR count). The van der Waals surface area contributed by atoms with Crippen LogP contribution in [0.15, 0.2) is 12.1 Å². The van der Waals surface area contributed by atoms with Crippen molar-refractivity contribution in [2.24, 2.45) is 11.8 Å². The highest BCUT2D eigenvalue weighted by Gasteiger charge is 2.54. The average molecular weight is 518 g/mol. The fourth-order valence-electron chi connectivity index (χ4n) is 4.92. The van der Waals surface area contributed by atoms with E-state index in [2.05, 4.69) is 24.5 Å². The highest BCUT2D eigenvalue weighted by Crippen LogP contribution is 2.38. The van der Waals surface area contributed by atoms with Crippen molar-refractivity contribution in [3.05, 3.63) is 23.3 Å². The number of aliphatic hydroxyl groups is 1. The van der Waals surface area contributed by atoms with Gasteiger partial charge in [0.1, 0.15) is 17.5 Å². The zero-order valence-electron chi connectivity index (χ0n) is 23.5. The molecule has 37 heavy (non-hydrogen) atoms. The molecular weight excluding hydrogens is 475 g/mol. The summed E-state index contributed by atoms with van der Waals surface area (Å²) in [4.78, 5) is 26.4. The number of benzene rings is 1. The Balaban J connectivity index is 1.68. The summed E-state index contributed by atoms with van der Waals surface area (Å²) in [6, 6.07) is 2.69. The van der Waals surface area contributed by atoms with Crippen LogP contribution in [0.25, 0.3) is 0 Å². The largest absolute Gasteiger partial charge is 0.497 e. The molecule has 3 atom stereocenters. The van der Waals surface area contributed by atoms with E-state index in [1.165, 1.54) is 0 Å². The molecule has 3 N–H and O–H groups in total. The van der Waals surface area contributed by atoms with Gasteiger partial charge in [0.15, 0.2) is 0 Å². The van der Waals surface area contributed by atoms with Gasteiger partial charge in [-0.1, -0.05) is 13.8 Å². The standard InChI is InChI=1S/C27H43BN2O7/c1-16(2)11-23(28-36-26(3,4)27(5,6)37-28)30-25(33)21(15-31)29-24(32)17-9-10-20-18(12-17)13-19(34-7)14-22(20)35-8/h13-14,16-17,21,23,31H,9-12,15H2,1-8H3,(H,29,32)(H,30,33)/t17?,21-,23?/m0/s1. The predicted octanol–water partition coefficient (Wildman–Crippen LogP) is 2.45. The van der Waals surface area contributed by atoms with Crippen molar-refractivity contribution in [2.75, 3.05) is 20.8 Å². The van der Waals surface area contributed by atoms with Gasteiger partial charge < -0.3 is 34.5 Å². The molecular formula is C27H43BN2O7. The molecule has 1 aromatic carbocycles. The van der Waals surface area contributed by atoms with Crippen molar-refractivity contribution in [1.82, 2.24) is 10.6 Å². The third-order valence-corrected chi connectivity index (χ3v) is 7.78. The summed E-state index contributed by atoms with van der Waals surface area (Å²) in [5, 5.41) is 15.7. The van der Waals surface area contributed by atoms with Crippen LogP contribution in [-0.2, 0) is 31.7 Å². The van der Waals surface area contributed by atoms with Crippen LogP contribution in [0, 0.1) is 11.8 Å².